The Labute approximate surface area is 129 Å². The topological polar surface area (TPSA) is 32.7 Å². The highest BCUT2D eigenvalue weighted by Crippen LogP contribution is 2.36. The summed E-state index contributed by atoms with van der Waals surface area (Å²) in [7, 11) is 7.09. The monoisotopic (exact) mass is 293 g/mol. The number of methoxy groups -OCH3 is 1. The Kier molecular flexibility index (Phi) is 8.40. The number of aliphatic hydroxyl groups excluding tert-OH is 1. The van der Waals surface area contributed by atoms with Gasteiger partial charge in [0.2, 0.25) is 0 Å². The van der Waals surface area contributed by atoms with E-state index in [1.807, 2.05) is 0 Å². The second-order valence-corrected chi connectivity index (χ2v) is 6.04. The van der Waals surface area contributed by atoms with E-state index in [1.165, 1.54) is 37.7 Å². The maximum atomic E-state index is 7.00. The molecule has 0 aliphatic heterocycles. The summed E-state index contributed by atoms with van der Waals surface area (Å²) in [5, 5.41) is 7.00. The first-order chi connectivity index (χ1) is 10.2. The van der Waals surface area contributed by atoms with Crippen LogP contribution < -0.4 is 4.74 Å². The largest absolute Gasteiger partial charge is 0.497 e. The Morgan fingerprint density at radius 3 is 2.14 bits per heavy atom. The Morgan fingerprint density at radius 2 is 1.67 bits per heavy atom. The Morgan fingerprint density at radius 1 is 1.10 bits per heavy atom. The third-order valence-corrected chi connectivity index (χ3v) is 4.32. The summed E-state index contributed by atoms with van der Waals surface area (Å²) in [6.45, 7) is 1.15. The molecule has 0 aromatic heterocycles. The molecular weight excluding hydrogens is 262 g/mol. The van der Waals surface area contributed by atoms with Crippen molar-refractivity contribution in [3.8, 4) is 5.75 Å². The number of rotatable bonds is 5. The van der Waals surface area contributed by atoms with Crippen molar-refractivity contribution >= 4 is 0 Å². The molecule has 1 fully saturated rings. The Bertz CT molecular complexity index is 369. The maximum Gasteiger partial charge on any atom is 0.118 e. The van der Waals surface area contributed by atoms with Crippen LogP contribution in [0.1, 0.15) is 43.6 Å². The van der Waals surface area contributed by atoms with Crippen molar-refractivity contribution < 1.29 is 9.84 Å². The van der Waals surface area contributed by atoms with Gasteiger partial charge in [-0.05, 0) is 56.5 Å². The van der Waals surface area contributed by atoms with E-state index in [1.54, 1.807) is 7.11 Å². The van der Waals surface area contributed by atoms with Gasteiger partial charge in [0.1, 0.15) is 5.75 Å². The molecule has 1 aliphatic carbocycles. The predicted octanol–water partition coefficient (Wildman–Crippen LogP) is 3.53. The zero-order valence-electron chi connectivity index (χ0n) is 14.0. The van der Waals surface area contributed by atoms with Crippen molar-refractivity contribution in [3.63, 3.8) is 0 Å². The van der Waals surface area contributed by atoms with Crippen LogP contribution in [0.2, 0.25) is 0 Å². The number of hydrogen-bond donors (Lipinski definition) is 1. The summed E-state index contributed by atoms with van der Waals surface area (Å²) in [4.78, 5) is 2.32. The van der Waals surface area contributed by atoms with E-state index in [-0.39, 0.29) is 0 Å². The lowest BCUT2D eigenvalue weighted by Gasteiger charge is -2.32. The van der Waals surface area contributed by atoms with Crippen LogP contribution in [0.15, 0.2) is 24.3 Å². The molecular formula is C18H31NO2. The van der Waals surface area contributed by atoms with Crippen LogP contribution in [0, 0.1) is 5.92 Å². The van der Waals surface area contributed by atoms with Gasteiger partial charge < -0.3 is 14.7 Å². The molecule has 21 heavy (non-hydrogen) atoms. The van der Waals surface area contributed by atoms with Crippen molar-refractivity contribution in [2.75, 3.05) is 34.9 Å². The fraction of sp³-hybridized carbons (Fsp3) is 0.667. The van der Waals surface area contributed by atoms with E-state index in [0.717, 1.165) is 25.3 Å². The van der Waals surface area contributed by atoms with Crippen molar-refractivity contribution in [2.45, 2.75) is 38.0 Å². The van der Waals surface area contributed by atoms with E-state index in [2.05, 4.69) is 43.3 Å². The van der Waals surface area contributed by atoms with E-state index >= 15 is 0 Å². The molecule has 2 rings (SSSR count). The highest BCUT2D eigenvalue weighted by Gasteiger charge is 2.25. The SMILES string of the molecule is CO.COc1ccc(C(CN(C)C)C2CCCCC2)cc1. The van der Waals surface area contributed by atoms with E-state index in [9.17, 15) is 0 Å². The molecule has 1 aromatic carbocycles. The van der Waals surface area contributed by atoms with Gasteiger partial charge in [0.05, 0.1) is 7.11 Å². The second kappa shape index (κ2) is 9.80. The van der Waals surface area contributed by atoms with Crippen molar-refractivity contribution in [2.24, 2.45) is 5.92 Å². The van der Waals surface area contributed by atoms with Crippen molar-refractivity contribution in [1.82, 2.24) is 4.90 Å². The van der Waals surface area contributed by atoms with Gasteiger partial charge in [0.25, 0.3) is 0 Å². The lowest BCUT2D eigenvalue weighted by molar-refractivity contribution is 0.253. The van der Waals surface area contributed by atoms with Crippen molar-refractivity contribution in [1.29, 1.82) is 0 Å². The zero-order valence-corrected chi connectivity index (χ0v) is 14.0. The van der Waals surface area contributed by atoms with Crippen LogP contribution in [0.5, 0.6) is 5.75 Å². The average molecular weight is 293 g/mol. The zero-order chi connectivity index (χ0) is 15.7. The van der Waals surface area contributed by atoms with Crippen LogP contribution in [-0.4, -0.2) is 44.9 Å². The average Bonchev–Trinajstić information content (AvgIpc) is 2.55. The number of ether oxygens (including phenoxy) is 1. The molecule has 0 radical (unpaired) electrons. The molecule has 1 atom stereocenters. The summed E-state index contributed by atoms with van der Waals surface area (Å²) < 4.78 is 5.27. The summed E-state index contributed by atoms with van der Waals surface area (Å²) in [5.74, 6) is 2.47. The van der Waals surface area contributed by atoms with E-state index < -0.39 is 0 Å². The van der Waals surface area contributed by atoms with Crippen LogP contribution in [0.25, 0.3) is 0 Å². The molecule has 0 amide bonds. The normalized spacial score (nSPS) is 17.0. The van der Waals surface area contributed by atoms with Crippen LogP contribution in [0.4, 0.5) is 0 Å². The molecule has 0 saturated heterocycles. The summed E-state index contributed by atoms with van der Waals surface area (Å²) >= 11 is 0. The lowest BCUT2D eigenvalue weighted by Crippen LogP contribution is -2.27. The summed E-state index contributed by atoms with van der Waals surface area (Å²) in [6, 6.07) is 8.70. The standard InChI is InChI=1S/C17H27NO.CH4O/c1-18(2)13-17(14-7-5-4-6-8-14)15-9-11-16(19-3)12-10-15;1-2/h9-12,14,17H,4-8,13H2,1-3H3;2H,1H3. The molecule has 0 bridgehead atoms. The number of aliphatic hydroxyl groups is 1. The molecule has 1 aromatic rings. The number of nitrogens with zero attached hydrogens (tertiary/aromatic N) is 1. The van der Waals surface area contributed by atoms with E-state index in [4.69, 9.17) is 9.84 Å². The van der Waals surface area contributed by atoms with Crippen molar-refractivity contribution in [3.05, 3.63) is 29.8 Å². The van der Waals surface area contributed by atoms with Gasteiger partial charge in [0.15, 0.2) is 0 Å². The smallest absolute Gasteiger partial charge is 0.118 e. The number of hydrogen-bond acceptors (Lipinski definition) is 3. The number of likely N-dealkylation sites (N-methyl/N-ethyl adjacent to an activating group) is 1. The van der Waals surface area contributed by atoms with Gasteiger partial charge in [-0.1, -0.05) is 31.4 Å². The fourth-order valence-corrected chi connectivity index (χ4v) is 3.31. The maximum absolute atomic E-state index is 7.00. The lowest BCUT2D eigenvalue weighted by atomic mass is 9.76. The van der Waals surface area contributed by atoms with E-state index in [0.29, 0.717) is 5.92 Å². The second-order valence-electron chi connectivity index (χ2n) is 6.04. The van der Waals surface area contributed by atoms with Gasteiger partial charge in [-0.25, -0.2) is 0 Å². The quantitative estimate of drug-likeness (QED) is 0.901. The molecule has 3 heteroatoms. The molecule has 1 saturated carbocycles. The Balaban J connectivity index is 0.00000106. The predicted molar refractivity (Wildman–Crippen MR) is 89.0 cm³/mol. The molecule has 0 heterocycles. The molecule has 3 nitrogen and oxygen atoms in total. The molecule has 120 valence electrons. The molecule has 1 aliphatic rings. The van der Waals surface area contributed by atoms with Gasteiger partial charge in [-0.2, -0.15) is 0 Å². The first kappa shape index (κ1) is 18.0. The summed E-state index contributed by atoms with van der Waals surface area (Å²) in [6.07, 6.45) is 7.03. The van der Waals surface area contributed by atoms with Gasteiger partial charge in [-0.15, -0.1) is 0 Å². The van der Waals surface area contributed by atoms with Crippen LogP contribution in [-0.2, 0) is 0 Å². The third kappa shape index (κ3) is 5.68. The Hall–Kier alpha value is -1.06. The molecule has 0 spiro atoms. The highest BCUT2D eigenvalue weighted by molar-refractivity contribution is 5.30. The third-order valence-electron chi connectivity index (χ3n) is 4.32. The minimum atomic E-state index is 0.668. The highest BCUT2D eigenvalue weighted by atomic mass is 16.5. The first-order valence-corrected chi connectivity index (χ1v) is 7.94. The van der Waals surface area contributed by atoms with Gasteiger partial charge >= 0.3 is 0 Å². The molecule has 1 N–H and O–H groups in total. The van der Waals surface area contributed by atoms with Gasteiger partial charge in [-0.3, -0.25) is 0 Å². The summed E-state index contributed by atoms with van der Waals surface area (Å²) in [5.41, 5.74) is 1.47. The number of benzene rings is 1. The van der Waals surface area contributed by atoms with Gasteiger partial charge in [0, 0.05) is 13.7 Å². The first-order valence-electron chi connectivity index (χ1n) is 7.94. The fourth-order valence-electron chi connectivity index (χ4n) is 3.31. The van der Waals surface area contributed by atoms with Crippen LogP contribution in [0.3, 0.4) is 0 Å². The molecule has 1 unspecified atom stereocenters. The minimum Gasteiger partial charge on any atom is -0.497 e. The van der Waals surface area contributed by atoms with Crippen LogP contribution >= 0.6 is 0 Å². The minimum absolute atomic E-state index is 0.668.